The van der Waals surface area contributed by atoms with Gasteiger partial charge in [-0.25, -0.2) is 4.98 Å². The minimum Gasteiger partial charge on any atom is -0.367 e. The normalized spacial score (nSPS) is 22.3. The van der Waals surface area contributed by atoms with E-state index in [0.717, 1.165) is 57.9 Å². The summed E-state index contributed by atoms with van der Waals surface area (Å²) in [4.78, 5) is 21.7. The third-order valence-corrected chi connectivity index (χ3v) is 5.64. The summed E-state index contributed by atoms with van der Waals surface area (Å²) in [7, 11) is 2.16. The summed E-state index contributed by atoms with van der Waals surface area (Å²) >= 11 is 0. The molecule has 2 fully saturated rings. The minimum absolute atomic E-state index is 0.0179. The molecular formula is C21H35N5O. The molecule has 0 bridgehead atoms. The topological polar surface area (TPSA) is 60.5 Å². The van der Waals surface area contributed by atoms with E-state index < -0.39 is 0 Å². The Balaban J connectivity index is 1.41. The molecule has 1 aromatic heterocycles. The number of piperidine rings is 1. The smallest absolute Gasteiger partial charge is 0.252 e. The van der Waals surface area contributed by atoms with Crippen molar-refractivity contribution in [1.29, 1.82) is 0 Å². The molecule has 1 aromatic rings. The van der Waals surface area contributed by atoms with Gasteiger partial charge in [0.1, 0.15) is 5.82 Å². The molecule has 2 aliphatic rings. The Morgan fingerprint density at radius 1 is 1.22 bits per heavy atom. The monoisotopic (exact) mass is 373 g/mol. The van der Waals surface area contributed by atoms with Gasteiger partial charge in [-0.2, -0.15) is 0 Å². The molecule has 150 valence electrons. The van der Waals surface area contributed by atoms with E-state index in [2.05, 4.69) is 46.3 Å². The number of aromatic nitrogens is 1. The fraction of sp³-hybridized carbons (Fsp3) is 0.714. The summed E-state index contributed by atoms with van der Waals surface area (Å²) in [6.45, 7) is 10.9. The van der Waals surface area contributed by atoms with Crippen LogP contribution in [0.25, 0.3) is 0 Å². The average Bonchev–Trinajstić information content (AvgIpc) is 3.09. The fourth-order valence-corrected chi connectivity index (χ4v) is 4.08. The lowest BCUT2D eigenvalue weighted by molar-refractivity contribution is 0.0947. The van der Waals surface area contributed by atoms with Crippen molar-refractivity contribution in [1.82, 2.24) is 20.1 Å². The van der Waals surface area contributed by atoms with Gasteiger partial charge in [-0.1, -0.05) is 13.8 Å². The second kappa shape index (κ2) is 9.51. The van der Waals surface area contributed by atoms with Gasteiger partial charge in [0, 0.05) is 31.9 Å². The highest BCUT2D eigenvalue weighted by Gasteiger charge is 2.23. The molecule has 3 heterocycles. The van der Waals surface area contributed by atoms with E-state index in [1.807, 2.05) is 12.1 Å². The number of anilines is 1. The quantitative estimate of drug-likeness (QED) is 0.768. The molecular weight excluding hydrogens is 338 g/mol. The Labute approximate surface area is 163 Å². The van der Waals surface area contributed by atoms with Crippen LogP contribution in [0.3, 0.4) is 0 Å². The van der Waals surface area contributed by atoms with Gasteiger partial charge in [-0.05, 0) is 69.9 Å². The van der Waals surface area contributed by atoms with Crippen molar-refractivity contribution >= 4 is 11.7 Å². The summed E-state index contributed by atoms with van der Waals surface area (Å²) in [6, 6.07) is 4.27. The summed E-state index contributed by atoms with van der Waals surface area (Å²) < 4.78 is 0. The number of hydrogen-bond acceptors (Lipinski definition) is 5. The van der Waals surface area contributed by atoms with Crippen molar-refractivity contribution in [2.24, 2.45) is 11.8 Å². The van der Waals surface area contributed by atoms with Gasteiger partial charge >= 0.3 is 0 Å². The third kappa shape index (κ3) is 6.18. The number of nitrogens with one attached hydrogen (secondary N) is 2. The van der Waals surface area contributed by atoms with E-state index in [9.17, 15) is 4.79 Å². The predicted molar refractivity (Wildman–Crippen MR) is 110 cm³/mol. The van der Waals surface area contributed by atoms with Crippen molar-refractivity contribution < 1.29 is 4.79 Å². The van der Waals surface area contributed by atoms with E-state index in [1.165, 1.54) is 6.42 Å². The highest BCUT2D eigenvalue weighted by molar-refractivity contribution is 5.94. The maximum absolute atomic E-state index is 12.4. The molecule has 2 saturated heterocycles. The zero-order chi connectivity index (χ0) is 19.2. The van der Waals surface area contributed by atoms with Gasteiger partial charge < -0.3 is 20.4 Å². The number of nitrogens with zero attached hydrogens (tertiary/aromatic N) is 3. The maximum Gasteiger partial charge on any atom is 0.252 e. The molecule has 1 unspecified atom stereocenters. The number of amides is 1. The van der Waals surface area contributed by atoms with Gasteiger partial charge in [0.25, 0.3) is 5.91 Å². The number of hydrogen-bond donors (Lipinski definition) is 2. The summed E-state index contributed by atoms with van der Waals surface area (Å²) in [5, 5.41) is 6.58. The van der Waals surface area contributed by atoms with Crippen LogP contribution in [-0.2, 0) is 0 Å². The Morgan fingerprint density at radius 2 is 2.00 bits per heavy atom. The van der Waals surface area contributed by atoms with Gasteiger partial charge in [-0.15, -0.1) is 0 Å². The third-order valence-electron chi connectivity index (χ3n) is 5.64. The highest BCUT2D eigenvalue weighted by atomic mass is 16.1. The van der Waals surface area contributed by atoms with E-state index in [1.54, 1.807) is 6.20 Å². The summed E-state index contributed by atoms with van der Waals surface area (Å²) in [6.07, 6.45) is 5.13. The molecule has 0 radical (unpaired) electrons. The van der Waals surface area contributed by atoms with Gasteiger partial charge in [-0.3, -0.25) is 4.79 Å². The van der Waals surface area contributed by atoms with E-state index >= 15 is 0 Å². The van der Waals surface area contributed by atoms with Crippen LogP contribution in [0.2, 0.25) is 0 Å². The minimum atomic E-state index is -0.0179. The van der Waals surface area contributed by atoms with Crippen LogP contribution in [0, 0.1) is 11.8 Å². The van der Waals surface area contributed by atoms with Crippen LogP contribution in [0.15, 0.2) is 18.3 Å². The van der Waals surface area contributed by atoms with Crippen molar-refractivity contribution in [3.05, 3.63) is 23.9 Å². The van der Waals surface area contributed by atoms with E-state index in [0.29, 0.717) is 23.4 Å². The first-order chi connectivity index (χ1) is 13.0. The number of pyridine rings is 1. The predicted octanol–water partition coefficient (Wildman–Crippen LogP) is 2.30. The van der Waals surface area contributed by atoms with E-state index in [-0.39, 0.29) is 5.91 Å². The molecule has 2 N–H and O–H groups in total. The highest BCUT2D eigenvalue weighted by Crippen LogP contribution is 2.17. The Morgan fingerprint density at radius 3 is 2.67 bits per heavy atom. The molecule has 27 heavy (non-hydrogen) atoms. The number of carbonyl (C=O) groups excluding carboxylic acids is 1. The molecule has 6 nitrogen and oxygen atoms in total. The summed E-state index contributed by atoms with van der Waals surface area (Å²) in [5.41, 5.74) is 0.640. The molecule has 1 atom stereocenters. The van der Waals surface area contributed by atoms with Crippen LogP contribution in [0.5, 0.6) is 0 Å². The molecule has 6 heteroatoms. The number of rotatable bonds is 7. The van der Waals surface area contributed by atoms with Crippen LogP contribution in [-0.4, -0.2) is 73.0 Å². The fourth-order valence-electron chi connectivity index (χ4n) is 4.08. The van der Waals surface area contributed by atoms with Gasteiger partial charge in [0.05, 0.1) is 5.56 Å². The molecule has 0 saturated carbocycles. The first-order valence-corrected chi connectivity index (χ1v) is 10.4. The molecule has 1 amide bonds. The molecule has 0 spiro atoms. The second-order valence-corrected chi connectivity index (χ2v) is 8.67. The van der Waals surface area contributed by atoms with Crippen LogP contribution < -0.4 is 10.6 Å². The molecule has 2 aliphatic heterocycles. The zero-order valence-electron chi connectivity index (χ0n) is 17.1. The lowest BCUT2D eigenvalue weighted by atomic mass is 10.1. The Hall–Kier alpha value is -1.66. The Kier molecular flexibility index (Phi) is 7.07. The number of likely N-dealkylation sites (tertiary alicyclic amines) is 2. The van der Waals surface area contributed by atoms with Crippen molar-refractivity contribution in [2.45, 2.75) is 39.2 Å². The van der Waals surface area contributed by atoms with Crippen LogP contribution in [0.4, 0.5) is 5.82 Å². The summed E-state index contributed by atoms with van der Waals surface area (Å²) in [5.74, 6) is 2.11. The van der Waals surface area contributed by atoms with E-state index in [4.69, 9.17) is 0 Å². The molecule has 0 aromatic carbocycles. The van der Waals surface area contributed by atoms with Gasteiger partial charge in [0.15, 0.2) is 0 Å². The second-order valence-electron chi connectivity index (χ2n) is 8.67. The van der Waals surface area contributed by atoms with Crippen LogP contribution in [0.1, 0.15) is 43.5 Å². The SMILES string of the molecule is CC(C)CN1CCC(CNC(=O)c2ccc(NC3CCN(C)CC3)nc2)C1. The van der Waals surface area contributed by atoms with Crippen molar-refractivity contribution in [2.75, 3.05) is 51.6 Å². The van der Waals surface area contributed by atoms with Crippen molar-refractivity contribution in [3.8, 4) is 0 Å². The molecule has 3 rings (SSSR count). The van der Waals surface area contributed by atoms with Gasteiger partial charge in [0.2, 0.25) is 0 Å². The molecule has 0 aliphatic carbocycles. The lowest BCUT2D eigenvalue weighted by Gasteiger charge is -2.29. The van der Waals surface area contributed by atoms with Crippen molar-refractivity contribution in [3.63, 3.8) is 0 Å². The average molecular weight is 374 g/mol. The number of carbonyl (C=O) groups is 1. The van der Waals surface area contributed by atoms with Crippen LogP contribution >= 0.6 is 0 Å². The maximum atomic E-state index is 12.4. The first kappa shape index (κ1) is 20.1. The zero-order valence-corrected chi connectivity index (χ0v) is 17.1. The largest absolute Gasteiger partial charge is 0.367 e. The lowest BCUT2D eigenvalue weighted by Crippen LogP contribution is -2.36. The first-order valence-electron chi connectivity index (χ1n) is 10.4. The Bertz CT molecular complexity index is 595. The standard InChI is InChI=1S/C21H35N5O/c1-16(2)14-26-11-6-17(15-26)12-23-21(27)18-4-5-20(22-13-18)24-19-7-9-25(3)10-8-19/h4-5,13,16-17,19H,6-12,14-15H2,1-3H3,(H,22,24)(H,23,27).